The lowest BCUT2D eigenvalue weighted by Crippen LogP contribution is -2.65. The number of carbonyl (C=O) groups excluding carboxylic acids is 4. The van der Waals surface area contributed by atoms with Crippen molar-refractivity contribution in [2.24, 2.45) is 17.3 Å². The van der Waals surface area contributed by atoms with Gasteiger partial charge in [-0.15, -0.1) is 0 Å². The summed E-state index contributed by atoms with van der Waals surface area (Å²) in [5, 5.41) is 14.5. The third-order valence-electron chi connectivity index (χ3n) is 9.46. The number of benzene rings is 1. The van der Waals surface area contributed by atoms with Crippen LogP contribution >= 0.6 is 0 Å². The van der Waals surface area contributed by atoms with Crippen molar-refractivity contribution in [2.75, 3.05) is 13.6 Å². The molecule has 1 aromatic carbocycles. The number of rotatable bonds is 4. The van der Waals surface area contributed by atoms with Crippen LogP contribution in [0.2, 0.25) is 0 Å². The molecule has 9 nitrogen and oxygen atoms in total. The van der Waals surface area contributed by atoms with Crippen molar-refractivity contribution in [3.8, 4) is 11.5 Å². The number of amides is 4. The highest BCUT2D eigenvalue weighted by Gasteiger charge is 2.65. The van der Waals surface area contributed by atoms with Gasteiger partial charge in [0.1, 0.15) is 5.41 Å². The monoisotopic (exact) mass is 511 g/mol. The molecule has 3 N–H and O–H groups in total. The van der Waals surface area contributed by atoms with Gasteiger partial charge in [0, 0.05) is 23.4 Å². The minimum Gasteiger partial charge on any atom is -0.504 e. The number of nitrogens with one attached hydrogen (secondary N) is 2. The van der Waals surface area contributed by atoms with Crippen molar-refractivity contribution >= 4 is 23.6 Å². The van der Waals surface area contributed by atoms with E-state index < -0.39 is 23.3 Å². The Hall–Kier alpha value is -2.94. The van der Waals surface area contributed by atoms with Crippen LogP contribution < -0.4 is 15.4 Å². The number of phenols is 1. The van der Waals surface area contributed by atoms with Crippen LogP contribution in [-0.2, 0) is 26.2 Å². The fourth-order valence-corrected chi connectivity index (χ4v) is 7.36. The maximum Gasteiger partial charge on any atom is 0.328 e. The number of nitrogens with zero attached hydrogens (tertiary/aromatic N) is 1. The second-order valence-electron chi connectivity index (χ2n) is 11.7. The third kappa shape index (κ3) is 3.76. The third-order valence-corrected chi connectivity index (χ3v) is 9.46. The second kappa shape index (κ2) is 9.11. The summed E-state index contributed by atoms with van der Waals surface area (Å²) in [5.74, 6) is 0.977. The number of ketones is 1. The zero-order valence-corrected chi connectivity index (χ0v) is 22.1. The molecular formula is C28H37N3O6. The molecule has 1 saturated carbocycles. The van der Waals surface area contributed by atoms with Crippen LogP contribution in [0.5, 0.6) is 11.5 Å². The number of likely N-dealkylation sites (N-methyl/N-ethyl adjacent to an activating group) is 1. The number of hydrogen-bond acceptors (Lipinski definition) is 7. The fourth-order valence-electron chi connectivity index (χ4n) is 7.36. The molecule has 0 unspecified atom stereocenters. The molecule has 2 bridgehead atoms. The van der Waals surface area contributed by atoms with Gasteiger partial charge in [-0.25, -0.2) is 4.79 Å². The van der Waals surface area contributed by atoms with E-state index in [1.54, 1.807) is 13.0 Å². The van der Waals surface area contributed by atoms with Gasteiger partial charge in [0.05, 0.1) is 0 Å². The first kappa shape index (κ1) is 25.7. The van der Waals surface area contributed by atoms with Crippen molar-refractivity contribution in [2.45, 2.75) is 83.3 Å². The molecule has 2 saturated heterocycles. The summed E-state index contributed by atoms with van der Waals surface area (Å²) < 4.78 is 6.04. The molecule has 0 radical (unpaired) electrons. The molecule has 5 aliphatic rings. The summed E-state index contributed by atoms with van der Waals surface area (Å²) in [5.41, 5.74) is 1.19. The van der Waals surface area contributed by atoms with Crippen molar-refractivity contribution in [3.63, 3.8) is 0 Å². The van der Waals surface area contributed by atoms with E-state index in [1.807, 2.05) is 19.9 Å². The van der Waals surface area contributed by atoms with E-state index in [2.05, 4.69) is 22.6 Å². The molecule has 9 heteroatoms. The first-order valence-electron chi connectivity index (χ1n) is 13.5. The van der Waals surface area contributed by atoms with Crippen molar-refractivity contribution in [1.82, 2.24) is 15.5 Å². The molecule has 0 aromatic heterocycles. The average molecular weight is 512 g/mol. The molecule has 4 atom stereocenters. The number of barbiturate groups is 1. The van der Waals surface area contributed by atoms with Crippen molar-refractivity contribution in [3.05, 3.63) is 23.3 Å². The number of urea groups is 1. The minimum absolute atomic E-state index is 0.172. The number of piperidine rings is 1. The fraction of sp³-hybridized carbons (Fsp3) is 0.643. The number of carbonyl (C=O) groups is 4. The SMILES string of the molecule is CCC1(CCC(C)C)C(=O)NC(=O)NC1=O.CN1CC[C@]23c4c5ccc(O)c4O[C@H]2C(=O)CC[C@H]3[C@H]1C5. The highest BCUT2D eigenvalue weighted by Crippen LogP contribution is 2.62. The second-order valence-corrected chi connectivity index (χ2v) is 11.7. The largest absolute Gasteiger partial charge is 0.504 e. The summed E-state index contributed by atoms with van der Waals surface area (Å²) in [6.45, 7) is 6.86. The normalized spacial score (nSPS) is 31.1. The molecule has 37 heavy (non-hydrogen) atoms. The van der Waals surface area contributed by atoms with E-state index >= 15 is 0 Å². The summed E-state index contributed by atoms with van der Waals surface area (Å²) in [6, 6.07) is 3.54. The van der Waals surface area contributed by atoms with Crippen LogP contribution in [0.1, 0.15) is 70.4 Å². The van der Waals surface area contributed by atoms with E-state index in [-0.39, 0.29) is 23.1 Å². The molecule has 3 aliphatic heterocycles. The summed E-state index contributed by atoms with van der Waals surface area (Å²) >= 11 is 0. The number of Topliss-reactive ketones (excluding diaryl/α,β-unsaturated/α-hetero) is 1. The molecule has 3 fully saturated rings. The summed E-state index contributed by atoms with van der Waals surface area (Å²) in [4.78, 5) is 49.5. The lowest BCUT2D eigenvalue weighted by molar-refractivity contribution is -0.145. The van der Waals surface area contributed by atoms with Crippen LogP contribution in [0, 0.1) is 17.3 Å². The summed E-state index contributed by atoms with van der Waals surface area (Å²) in [7, 11) is 2.20. The van der Waals surface area contributed by atoms with Gasteiger partial charge >= 0.3 is 6.03 Å². The Morgan fingerprint density at radius 1 is 1.16 bits per heavy atom. The van der Waals surface area contributed by atoms with E-state index in [9.17, 15) is 24.3 Å². The van der Waals surface area contributed by atoms with Crippen LogP contribution in [-0.4, -0.2) is 59.4 Å². The van der Waals surface area contributed by atoms with Gasteiger partial charge in [0.25, 0.3) is 0 Å². The lowest BCUT2D eigenvalue weighted by Gasteiger charge is -2.57. The molecule has 200 valence electrons. The summed E-state index contributed by atoms with van der Waals surface area (Å²) in [6.07, 6.45) is 4.85. The Bertz CT molecular complexity index is 1140. The van der Waals surface area contributed by atoms with E-state index in [4.69, 9.17) is 4.74 Å². The van der Waals surface area contributed by atoms with E-state index in [1.165, 1.54) is 5.56 Å². The quantitative estimate of drug-likeness (QED) is 0.531. The Balaban J connectivity index is 0.000000159. The smallest absolute Gasteiger partial charge is 0.328 e. The predicted octanol–water partition coefficient (Wildman–Crippen LogP) is 2.82. The van der Waals surface area contributed by atoms with Gasteiger partial charge in [0.2, 0.25) is 11.8 Å². The highest BCUT2D eigenvalue weighted by atomic mass is 16.5. The number of aromatic hydroxyl groups is 1. The molecule has 1 aromatic rings. The zero-order valence-electron chi connectivity index (χ0n) is 22.1. The van der Waals surface area contributed by atoms with Crippen LogP contribution in [0.3, 0.4) is 0 Å². The predicted molar refractivity (Wildman–Crippen MR) is 135 cm³/mol. The molecule has 3 heterocycles. The Morgan fingerprint density at radius 3 is 2.51 bits per heavy atom. The topological polar surface area (TPSA) is 125 Å². The van der Waals surface area contributed by atoms with Gasteiger partial charge in [-0.1, -0.05) is 26.8 Å². The highest BCUT2D eigenvalue weighted by molar-refractivity contribution is 6.19. The Kier molecular flexibility index (Phi) is 6.33. The molecule has 2 aliphatic carbocycles. The van der Waals surface area contributed by atoms with Gasteiger partial charge in [0.15, 0.2) is 23.4 Å². The number of phenolic OH excluding ortho intramolecular Hbond substituents is 1. The number of hydrogen-bond donors (Lipinski definition) is 3. The molecule has 1 spiro atoms. The lowest BCUT2D eigenvalue weighted by atomic mass is 9.52. The maximum absolute atomic E-state index is 12.5. The van der Waals surface area contributed by atoms with Gasteiger partial charge in [-0.05, 0) is 75.6 Å². The van der Waals surface area contributed by atoms with E-state index in [0.29, 0.717) is 42.9 Å². The van der Waals surface area contributed by atoms with E-state index in [0.717, 1.165) is 37.8 Å². The number of likely N-dealkylation sites (tertiary alicyclic amines) is 1. The zero-order chi connectivity index (χ0) is 26.7. The average Bonchev–Trinajstić information content (AvgIpc) is 3.20. The van der Waals surface area contributed by atoms with Gasteiger partial charge in [-0.3, -0.25) is 25.0 Å². The van der Waals surface area contributed by atoms with Gasteiger partial charge in [-0.2, -0.15) is 0 Å². The number of imide groups is 2. The van der Waals surface area contributed by atoms with Crippen molar-refractivity contribution in [1.29, 1.82) is 0 Å². The molecule has 4 amide bonds. The first-order chi connectivity index (χ1) is 17.5. The Labute approximate surface area is 217 Å². The van der Waals surface area contributed by atoms with Crippen LogP contribution in [0.25, 0.3) is 0 Å². The number of ether oxygens (including phenoxy) is 1. The molecular weight excluding hydrogens is 474 g/mol. The molecule has 6 rings (SSSR count). The maximum atomic E-state index is 12.5. The first-order valence-corrected chi connectivity index (χ1v) is 13.5. The minimum atomic E-state index is -1.07. The Morgan fingerprint density at radius 2 is 1.86 bits per heavy atom. The van der Waals surface area contributed by atoms with Gasteiger partial charge < -0.3 is 14.7 Å². The standard InChI is InChI=1S/C17H19NO3.C11H18N2O3/c1-18-7-6-17-10-3-5-13(20)16(17)21-15-12(19)4-2-9(14(15)17)8-11(10)18;1-4-11(6-5-7(2)3)8(14)12-10(16)13-9(11)15/h2,4,10-11,16,19H,3,5-8H2,1H3;7H,4-6H2,1-3H3,(H2,12,13,14,15,16)/t10-,11+,16-,17-;/m0./s1. The van der Waals surface area contributed by atoms with Crippen LogP contribution in [0.15, 0.2) is 12.1 Å². The van der Waals surface area contributed by atoms with Crippen LogP contribution in [0.4, 0.5) is 4.79 Å². The van der Waals surface area contributed by atoms with Crippen molar-refractivity contribution < 1.29 is 29.0 Å².